The summed E-state index contributed by atoms with van der Waals surface area (Å²) in [5, 5.41) is 3.01. The zero-order chi connectivity index (χ0) is 14.8. The fourth-order valence-electron chi connectivity index (χ4n) is 2.96. The molecule has 0 bridgehead atoms. The number of hydrogen-bond acceptors (Lipinski definition) is 4. The maximum Gasteiger partial charge on any atom is 0.218 e. The van der Waals surface area contributed by atoms with Gasteiger partial charge in [-0.2, -0.15) is 0 Å². The average molecular weight is 303 g/mol. The Bertz CT molecular complexity index is 405. The van der Waals surface area contributed by atoms with Crippen molar-refractivity contribution in [2.45, 2.75) is 57.4 Å². The van der Waals surface area contributed by atoms with E-state index in [4.69, 9.17) is 0 Å². The Morgan fingerprint density at radius 2 is 1.90 bits per heavy atom. The van der Waals surface area contributed by atoms with E-state index in [1.807, 2.05) is 6.92 Å². The molecule has 1 saturated carbocycles. The SMILES string of the molecule is CCN(CC)C1CCN(S(=O)(=O)C(C)CNC2CC2)C1. The second kappa shape index (κ2) is 6.73. The molecule has 2 fully saturated rings. The van der Waals surface area contributed by atoms with Crippen molar-refractivity contribution in [2.75, 3.05) is 32.7 Å². The van der Waals surface area contributed by atoms with Crippen LogP contribution in [0.3, 0.4) is 0 Å². The number of sulfonamides is 1. The highest BCUT2D eigenvalue weighted by molar-refractivity contribution is 7.89. The second-order valence-electron chi connectivity index (χ2n) is 6.06. The van der Waals surface area contributed by atoms with Crippen LogP contribution in [0.15, 0.2) is 0 Å². The van der Waals surface area contributed by atoms with Gasteiger partial charge in [0.2, 0.25) is 10.0 Å². The first-order valence-electron chi connectivity index (χ1n) is 7.95. The van der Waals surface area contributed by atoms with Gasteiger partial charge in [0.15, 0.2) is 0 Å². The van der Waals surface area contributed by atoms with Gasteiger partial charge in [0.25, 0.3) is 0 Å². The zero-order valence-corrected chi connectivity index (χ0v) is 13.8. The standard InChI is InChI=1S/C14H29N3O2S/c1-4-16(5-2)14-8-9-17(11-14)20(18,19)12(3)10-15-13-6-7-13/h12-15H,4-11H2,1-3H3. The van der Waals surface area contributed by atoms with Crippen molar-refractivity contribution in [3.05, 3.63) is 0 Å². The first-order valence-corrected chi connectivity index (χ1v) is 9.45. The van der Waals surface area contributed by atoms with Crippen molar-refractivity contribution < 1.29 is 8.42 Å². The average Bonchev–Trinajstić information content (AvgIpc) is 3.13. The minimum Gasteiger partial charge on any atom is -0.313 e. The van der Waals surface area contributed by atoms with Crippen LogP contribution in [0.25, 0.3) is 0 Å². The van der Waals surface area contributed by atoms with Gasteiger partial charge in [0.05, 0.1) is 5.25 Å². The molecule has 2 atom stereocenters. The fourth-order valence-corrected chi connectivity index (χ4v) is 4.52. The maximum absolute atomic E-state index is 12.6. The molecule has 0 aromatic rings. The summed E-state index contributed by atoms with van der Waals surface area (Å²) in [6.07, 6.45) is 3.35. The minimum absolute atomic E-state index is 0.321. The van der Waals surface area contributed by atoms with Gasteiger partial charge in [0.1, 0.15) is 0 Å². The Labute approximate surface area is 123 Å². The maximum atomic E-state index is 12.6. The summed E-state index contributed by atoms with van der Waals surface area (Å²) in [6, 6.07) is 0.956. The van der Waals surface area contributed by atoms with E-state index >= 15 is 0 Å². The van der Waals surface area contributed by atoms with Gasteiger partial charge < -0.3 is 5.32 Å². The molecule has 1 heterocycles. The van der Waals surface area contributed by atoms with Gasteiger partial charge in [-0.05, 0) is 39.3 Å². The molecule has 1 saturated heterocycles. The zero-order valence-electron chi connectivity index (χ0n) is 13.0. The Morgan fingerprint density at radius 1 is 1.25 bits per heavy atom. The molecule has 1 aliphatic heterocycles. The number of nitrogens with zero attached hydrogens (tertiary/aromatic N) is 2. The summed E-state index contributed by atoms with van der Waals surface area (Å²) in [5.74, 6) is 0. The third-order valence-electron chi connectivity index (χ3n) is 4.59. The smallest absolute Gasteiger partial charge is 0.218 e. The molecule has 6 heteroatoms. The molecule has 0 aromatic heterocycles. The van der Waals surface area contributed by atoms with Crippen LogP contribution < -0.4 is 5.32 Å². The lowest BCUT2D eigenvalue weighted by molar-refractivity contribution is 0.224. The van der Waals surface area contributed by atoms with Crippen molar-refractivity contribution in [1.82, 2.24) is 14.5 Å². The van der Waals surface area contributed by atoms with Crippen molar-refractivity contribution in [3.63, 3.8) is 0 Å². The predicted octanol–water partition coefficient (Wildman–Crippen LogP) is 0.873. The van der Waals surface area contributed by atoms with E-state index in [-0.39, 0.29) is 5.25 Å². The monoisotopic (exact) mass is 303 g/mol. The molecule has 2 unspecified atom stereocenters. The Balaban J connectivity index is 1.89. The van der Waals surface area contributed by atoms with Crippen molar-refractivity contribution in [2.24, 2.45) is 0 Å². The van der Waals surface area contributed by atoms with Gasteiger partial charge in [-0.3, -0.25) is 4.90 Å². The van der Waals surface area contributed by atoms with Crippen LogP contribution in [0, 0.1) is 0 Å². The molecular weight excluding hydrogens is 274 g/mol. The molecule has 1 aliphatic carbocycles. The predicted molar refractivity (Wildman–Crippen MR) is 82.3 cm³/mol. The fraction of sp³-hybridized carbons (Fsp3) is 1.00. The number of hydrogen-bond donors (Lipinski definition) is 1. The van der Waals surface area contributed by atoms with Crippen LogP contribution in [-0.2, 0) is 10.0 Å². The largest absolute Gasteiger partial charge is 0.313 e. The molecule has 1 N–H and O–H groups in total. The topological polar surface area (TPSA) is 52.7 Å². The highest BCUT2D eigenvalue weighted by atomic mass is 32.2. The van der Waals surface area contributed by atoms with E-state index in [9.17, 15) is 8.42 Å². The normalized spacial score (nSPS) is 26.3. The molecular formula is C14H29N3O2S. The molecule has 2 aliphatic rings. The van der Waals surface area contributed by atoms with Gasteiger partial charge in [0, 0.05) is 31.7 Å². The number of likely N-dealkylation sites (N-methyl/N-ethyl adjacent to an activating group) is 1. The third-order valence-corrected chi connectivity index (χ3v) is 6.83. The number of rotatable bonds is 8. The molecule has 118 valence electrons. The quantitative estimate of drug-likeness (QED) is 0.723. The first-order chi connectivity index (χ1) is 9.48. The van der Waals surface area contributed by atoms with E-state index < -0.39 is 10.0 Å². The van der Waals surface area contributed by atoms with E-state index in [1.54, 1.807) is 4.31 Å². The summed E-state index contributed by atoms with van der Waals surface area (Å²) in [7, 11) is -3.15. The third kappa shape index (κ3) is 3.72. The van der Waals surface area contributed by atoms with E-state index in [0.717, 1.165) is 19.5 Å². The van der Waals surface area contributed by atoms with Crippen molar-refractivity contribution >= 4 is 10.0 Å². The van der Waals surface area contributed by atoms with E-state index in [0.29, 0.717) is 31.7 Å². The lowest BCUT2D eigenvalue weighted by Gasteiger charge is -2.27. The molecule has 2 rings (SSSR count). The Kier molecular flexibility index (Phi) is 5.45. The first kappa shape index (κ1) is 16.2. The molecule has 0 spiro atoms. The number of nitrogens with one attached hydrogen (secondary N) is 1. The minimum atomic E-state index is -3.15. The molecule has 0 aromatic carbocycles. The summed E-state index contributed by atoms with van der Waals surface area (Å²) < 4.78 is 26.9. The molecule has 5 nitrogen and oxygen atoms in total. The summed E-state index contributed by atoms with van der Waals surface area (Å²) in [6.45, 7) is 10.0. The molecule has 0 radical (unpaired) electrons. The van der Waals surface area contributed by atoms with Gasteiger partial charge >= 0.3 is 0 Å². The lowest BCUT2D eigenvalue weighted by atomic mass is 10.2. The highest BCUT2D eigenvalue weighted by Gasteiger charge is 2.36. The van der Waals surface area contributed by atoms with Gasteiger partial charge in [-0.1, -0.05) is 13.8 Å². The second-order valence-corrected chi connectivity index (χ2v) is 8.41. The molecule has 0 amide bonds. The van der Waals surface area contributed by atoms with Crippen LogP contribution in [-0.4, -0.2) is 67.7 Å². The lowest BCUT2D eigenvalue weighted by Crippen LogP contribution is -2.43. The Hall–Kier alpha value is -0.170. The van der Waals surface area contributed by atoms with Gasteiger partial charge in [-0.25, -0.2) is 12.7 Å². The van der Waals surface area contributed by atoms with E-state index in [1.165, 1.54) is 12.8 Å². The summed E-state index contributed by atoms with van der Waals surface area (Å²) in [4.78, 5) is 2.36. The van der Waals surface area contributed by atoms with Crippen molar-refractivity contribution in [1.29, 1.82) is 0 Å². The van der Waals surface area contributed by atoms with Crippen LogP contribution >= 0.6 is 0 Å². The van der Waals surface area contributed by atoms with Gasteiger partial charge in [-0.15, -0.1) is 0 Å². The summed E-state index contributed by atoms with van der Waals surface area (Å²) >= 11 is 0. The van der Waals surface area contributed by atoms with E-state index in [2.05, 4.69) is 24.1 Å². The van der Waals surface area contributed by atoms with Crippen LogP contribution in [0.4, 0.5) is 0 Å². The Morgan fingerprint density at radius 3 is 2.45 bits per heavy atom. The summed E-state index contributed by atoms with van der Waals surface area (Å²) in [5.41, 5.74) is 0. The molecule has 20 heavy (non-hydrogen) atoms. The van der Waals surface area contributed by atoms with Crippen LogP contribution in [0.2, 0.25) is 0 Å². The highest BCUT2D eigenvalue weighted by Crippen LogP contribution is 2.22. The van der Waals surface area contributed by atoms with Crippen LogP contribution in [0.5, 0.6) is 0 Å². The van der Waals surface area contributed by atoms with Crippen LogP contribution in [0.1, 0.15) is 40.0 Å². The van der Waals surface area contributed by atoms with Crippen molar-refractivity contribution in [3.8, 4) is 0 Å².